The fourth-order valence-electron chi connectivity index (χ4n) is 1.17. The Kier molecular flexibility index (Phi) is 5.16. The van der Waals surface area contributed by atoms with Crippen molar-refractivity contribution in [1.82, 2.24) is 9.71 Å². The summed E-state index contributed by atoms with van der Waals surface area (Å²) in [5.41, 5.74) is 1.06. The lowest BCUT2D eigenvalue weighted by Crippen LogP contribution is -2.34. The van der Waals surface area contributed by atoms with Crippen LogP contribution in [0.5, 0.6) is 0 Å². The van der Waals surface area contributed by atoms with E-state index in [1.807, 2.05) is 52.3 Å². The van der Waals surface area contributed by atoms with E-state index in [1.165, 1.54) is 0 Å². The summed E-state index contributed by atoms with van der Waals surface area (Å²) in [6, 6.07) is 4.05. The van der Waals surface area contributed by atoms with Crippen molar-refractivity contribution in [3.8, 4) is 0 Å². The maximum Gasteiger partial charge on any atom is 0.0975 e. The molecule has 1 heterocycles. The molecule has 0 saturated carbocycles. The molecule has 0 saturated heterocycles. The molecule has 2 unspecified atom stereocenters. The maximum absolute atomic E-state index is 11.9. The molecule has 0 fully saturated rings. The molecule has 96 valence electrons. The van der Waals surface area contributed by atoms with E-state index < -0.39 is 11.0 Å². The zero-order valence-corrected chi connectivity index (χ0v) is 12.6. The summed E-state index contributed by atoms with van der Waals surface area (Å²) < 4.78 is 14.8. The van der Waals surface area contributed by atoms with E-state index in [4.69, 9.17) is 0 Å². The monoisotopic (exact) mass is 272 g/mol. The van der Waals surface area contributed by atoms with Crippen molar-refractivity contribution < 1.29 is 4.21 Å². The van der Waals surface area contributed by atoms with Gasteiger partial charge in [0.15, 0.2) is 0 Å². The molecule has 1 N–H and O–H groups in total. The van der Waals surface area contributed by atoms with Gasteiger partial charge in [-0.05, 0) is 45.6 Å². The van der Waals surface area contributed by atoms with Gasteiger partial charge >= 0.3 is 0 Å². The first-order valence-corrected chi connectivity index (χ1v) is 7.90. The lowest BCUT2D eigenvalue weighted by Gasteiger charge is -2.22. The molecule has 2 atom stereocenters. The molecule has 0 amide bonds. The molecule has 0 aliphatic heterocycles. The summed E-state index contributed by atoms with van der Waals surface area (Å²) in [7, 11) is -1.06. The van der Waals surface area contributed by atoms with E-state index >= 15 is 0 Å². The van der Waals surface area contributed by atoms with Crippen LogP contribution in [-0.2, 0) is 11.0 Å². The van der Waals surface area contributed by atoms with Gasteiger partial charge in [0.05, 0.1) is 20.8 Å². The summed E-state index contributed by atoms with van der Waals surface area (Å²) in [6.07, 6.45) is 3.84. The van der Waals surface area contributed by atoms with Crippen molar-refractivity contribution in [2.75, 3.05) is 6.26 Å². The number of thioether (sulfide) groups is 1. The average molecular weight is 272 g/mol. The third-order valence-corrected chi connectivity index (χ3v) is 4.65. The fraction of sp³-hybridized carbons (Fsp3) is 0.583. The van der Waals surface area contributed by atoms with Gasteiger partial charge in [0.2, 0.25) is 0 Å². The Morgan fingerprint density at radius 3 is 2.47 bits per heavy atom. The summed E-state index contributed by atoms with van der Waals surface area (Å²) >= 11 is 1.62. The van der Waals surface area contributed by atoms with Gasteiger partial charge in [-0.25, -0.2) is 13.9 Å². The highest BCUT2D eigenvalue weighted by Gasteiger charge is 2.21. The van der Waals surface area contributed by atoms with Crippen molar-refractivity contribution in [3.63, 3.8) is 0 Å². The first kappa shape index (κ1) is 14.7. The summed E-state index contributed by atoms with van der Waals surface area (Å²) in [4.78, 5) is 4.31. The predicted molar refractivity (Wildman–Crippen MR) is 75.5 cm³/mol. The van der Waals surface area contributed by atoms with Crippen LogP contribution in [0.2, 0.25) is 0 Å². The average Bonchev–Trinajstić information content (AvgIpc) is 2.27. The number of aromatic nitrogens is 1. The Balaban J connectivity index is 2.70. The van der Waals surface area contributed by atoms with Crippen LogP contribution in [0.25, 0.3) is 0 Å². The van der Waals surface area contributed by atoms with E-state index in [-0.39, 0.29) is 10.8 Å². The molecular weight excluding hydrogens is 252 g/mol. The Labute approximate surface area is 110 Å². The van der Waals surface area contributed by atoms with Gasteiger partial charge in [-0.2, -0.15) is 0 Å². The van der Waals surface area contributed by atoms with E-state index in [9.17, 15) is 4.21 Å². The van der Waals surface area contributed by atoms with Gasteiger partial charge in [-0.15, -0.1) is 11.8 Å². The Hall–Kier alpha value is -0.390. The molecule has 0 aliphatic rings. The van der Waals surface area contributed by atoms with Gasteiger partial charge < -0.3 is 0 Å². The molecule has 0 radical (unpaired) electrons. The lowest BCUT2D eigenvalue weighted by molar-refractivity contribution is 0.615. The van der Waals surface area contributed by atoms with Crippen LogP contribution < -0.4 is 4.72 Å². The minimum Gasteiger partial charge on any atom is -0.250 e. The van der Waals surface area contributed by atoms with Crippen LogP contribution in [-0.4, -0.2) is 20.2 Å². The first-order valence-electron chi connectivity index (χ1n) is 5.52. The highest BCUT2D eigenvalue weighted by molar-refractivity contribution is 7.98. The van der Waals surface area contributed by atoms with Crippen LogP contribution in [0.4, 0.5) is 0 Å². The molecule has 17 heavy (non-hydrogen) atoms. The van der Waals surface area contributed by atoms with Crippen LogP contribution in [0.3, 0.4) is 0 Å². The minimum atomic E-state index is -1.06. The van der Waals surface area contributed by atoms with Gasteiger partial charge in [0.25, 0.3) is 0 Å². The summed E-state index contributed by atoms with van der Waals surface area (Å²) in [6.45, 7) is 7.87. The zero-order valence-electron chi connectivity index (χ0n) is 11.0. The Morgan fingerprint density at radius 2 is 2.06 bits per heavy atom. The Bertz CT molecular complexity index is 384. The first-order chi connectivity index (χ1) is 7.84. The molecule has 1 rings (SSSR count). The maximum atomic E-state index is 11.9. The molecule has 0 aliphatic carbocycles. The van der Waals surface area contributed by atoms with Crippen molar-refractivity contribution >= 4 is 22.7 Å². The smallest absolute Gasteiger partial charge is 0.0975 e. The van der Waals surface area contributed by atoms with Crippen LogP contribution in [0.1, 0.15) is 39.3 Å². The van der Waals surface area contributed by atoms with Gasteiger partial charge in [-0.1, -0.05) is 6.07 Å². The number of nitrogens with zero attached hydrogens (tertiary/aromatic N) is 1. The van der Waals surface area contributed by atoms with Crippen molar-refractivity contribution in [2.24, 2.45) is 0 Å². The molecular formula is C12H20N2OS2. The third kappa shape index (κ3) is 4.41. The quantitative estimate of drug-likeness (QED) is 0.857. The highest BCUT2D eigenvalue weighted by atomic mass is 32.2. The van der Waals surface area contributed by atoms with Crippen LogP contribution in [0.15, 0.2) is 23.4 Å². The third-order valence-electron chi connectivity index (χ3n) is 2.31. The van der Waals surface area contributed by atoms with Crippen molar-refractivity contribution in [1.29, 1.82) is 0 Å². The largest absolute Gasteiger partial charge is 0.250 e. The lowest BCUT2D eigenvalue weighted by atomic mass is 10.2. The molecule has 0 bridgehead atoms. The number of nitrogens with one attached hydrogen (secondary N) is 1. The molecule has 0 aromatic carbocycles. The topological polar surface area (TPSA) is 42.0 Å². The standard InChI is InChI=1S/C12H20N2OS2/c1-9(14-17(15)12(2,3)4)10-6-7-11(16-5)13-8-10/h6-9,14H,1-5H3. The van der Waals surface area contributed by atoms with Gasteiger partial charge in [0, 0.05) is 12.2 Å². The van der Waals surface area contributed by atoms with Crippen molar-refractivity contribution in [3.05, 3.63) is 23.9 Å². The molecule has 1 aromatic rings. The second-order valence-electron chi connectivity index (χ2n) is 4.85. The number of hydrogen-bond acceptors (Lipinski definition) is 3. The Morgan fingerprint density at radius 1 is 1.41 bits per heavy atom. The van der Waals surface area contributed by atoms with E-state index in [2.05, 4.69) is 9.71 Å². The SMILES string of the molecule is CSc1ccc(C(C)NS(=O)C(C)(C)C)cn1. The van der Waals surface area contributed by atoms with E-state index in [0.29, 0.717) is 0 Å². The van der Waals surface area contributed by atoms with E-state index in [1.54, 1.807) is 11.8 Å². The van der Waals surface area contributed by atoms with Crippen LogP contribution >= 0.6 is 11.8 Å². The summed E-state index contributed by atoms with van der Waals surface area (Å²) in [5.74, 6) is 0. The number of pyridine rings is 1. The predicted octanol–water partition coefficient (Wildman–Crippen LogP) is 2.92. The van der Waals surface area contributed by atoms with Gasteiger partial charge in [-0.3, -0.25) is 0 Å². The summed E-state index contributed by atoms with van der Waals surface area (Å²) in [5, 5.41) is 0.998. The number of rotatable bonds is 4. The van der Waals surface area contributed by atoms with Crippen molar-refractivity contribution in [2.45, 2.75) is 43.5 Å². The van der Waals surface area contributed by atoms with Gasteiger partial charge in [0.1, 0.15) is 0 Å². The molecule has 1 aromatic heterocycles. The fourth-order valence-corrected chi connectivity index (χ4v) is 2.35. The molecule has 0 spiro atoms. The highest BCUT2D eigenvalue weighted by Crippen LogP contribution is 2.18. The molecule has 5 heteroatoms. The second kappa shape index (κ2) is 5.98. The molecule has 3 nitrogen and oxygen atoms in total. The minimum absolute atomic E-state index is 0.0402. The van der Waals surface area contributed by atoms with E-state index in [0.717, 1.165) is 10.6 Å². The van der Waals surface area contributed by atoms with Crippen LogP contribution in [0, 0.1) is 0 Å². The number of hydrogen-bond donors (Lipinski definition) is 1. The zero-order chi connectivity index (χ0) is 13.1. The second-order valence-corrected chi connectivity index (χ2v) is 7.68. The normalized spacial score (nSPS) is 15.6.